The van der Waals surface area contributed by atoms with Crippen LogP contribution in [-0.4, -0.2) is 6.54 Å². The first-order valence-corrected chi connectivity index (χ1v) is 5.40. The number of nitrogens with two attached hydrogens (primary N) is 1. The van der Waals surface area contributed by atoms with Crippen LogP contribution in [0.4, 0.5) is 0 Å². The van der Waals surface area contributed by atoms with E-state index in [0.29, 0.717) is 6.42 Å². The SMILES string of the molecule is CCC#N.CCCCCCCCN. The Morgan fingerprint density at radius 2 is 1.46 bits per heavy atom. The highest BCUT2D eigenvalue weighted by Gasteiger charge is 1.85. The van der Waals surface area contributed by atoms with Gasteiger partial charge in [0.05, 0.1) is 6.07 Å². The molecular formula is C11H24N2. The number of hydrogen-bond donors (Lipinski definition) is 1. The van der Waals surface area contributed by atoms with Crippen molar-refractivity contribution in [1.29, 1.82) is 5.26 Å². The van der Waals surface area contributed by atoms with Crippen LogP contribution in [0.1, 0.15) is 58.8 Å². The van der Waals surface area contributed by atoms with Crippen molar-refractivity contribution in [2.75, 3.05) is 6.54 Å². The lowest BCUT2D eigenvalue weighted by Crippen LogP contribution is -1.97. The van der Waals surface area contributed by atoms with E-state index in [4.69, 9.17) is 11.0 Å². The van der Waals surface area contributed by atoms with Gasteiger partial charge in [0.1, 0.15) is 0 Å². The molecule has 0 unspecified atom stereocenters. The topological polar surface area (TPSA) is 49.8 Å². The highest BCUT2D eigenvalue weighted by molar-refractivity contribution is 4.61. The maximum atomic E-state index is 7.62. The predicted molar refractivity (Wildman–Crippen MR) is 58.3 cm³/mol. The quantitative estimate of drug-likeness (QED) is 0.644. The van der Waals surface area contributed by atoms with Crippen LogP contribution >= 0.6 is 0 Å². The summed E-state index contributed by atoms with van der Waals surface area (Å²) in [6.45, 7) is 4.93. The van der Waals surface area contributed by atoms with Gasteiger partial charge in [-0.2, -0.15) is 5.26 Å². The minimum atomic E-state index is 0.625. The maximum Gasteiger partial charge on any atom is 0.0618 e. The summed E-state index contributed by atoms with van der Waals surface area (Å²) in [5.41, 5.74) is 5.34. The molecule has 13 heavy (non-hydrogen) atoms. The number of nitriles is 1. The molecule has 0 heterocycles. The number of rotatable bonds is 6. The van der Waals surface area contributed by atoms with Crippen LogP contribution in [-0.2, 0) is 0 Å². The lowest BCUT2D eigenvalue weighted by molar-refractivity contribution is 0.612. The van der Waals surface area contributed by atoms with Gasteiger partial charge in [0.2, 0.25) is 0 Å². The second-order valence-corrected chi connectivity index (χ2v) is 3.07. The van der Waals surface area contributed by atoms with E-state index < -0.39 is 0 Å². The average molecular weight is 184 g/mol. The lowest BCUT2D eigenvalue weighted by Gasteiger charge is -1.96. The smallest absolute Gasteiger partial charge is 0.0618 e. The minimum absolute atomic E-state index is 0.625. The molecule has 0 saturated heterocycles. The Kier molecular flexibility index (Phi) is 20.1. The Morgan fingerprint density at radius 1 is 1.00 bits per heavy atom. The van der Waals surface area contributed by atoms with Crippen LogP contribution in [0.25, 0.3) is 0 Å². The van der Waals surface area contributed by atoms with Crippen molar-refractivity contribution in [2.24, 2.45) is 5.73 Å². The molecule has 0 aromatic rings. The van der Waals surface area contributed by atoms with Gasteiger partial charge in [-0.1, -0.05) is 46.0 Å². The second kappa shape index (κ2) is 17.5. The van der Waals surface area contributed by atoms with Crippen LogP contribution in [0.5, 0.6) is 0 Å². The van der Waals surface area contributed by atoms with Gasteiger partial charge in [-0.25, -0.2) is 0 Å². The Morgan fingerprint density at radius 3 is 1.85 bits per heavy atom. The Balaban J connectivity index is 0. The third-order valence-electron chi connectivity index (χ3n) is 1.72. The standard InChI is InChI=1S/C8H19N.C3H5N/c1-2-3-4-5-6-7-8-9;1-2-3-4/h2-9H2,1H3;2H2,1H3. The van der Waals surface area contributed by atoms with Gasteiger partial charge in [-0.05, 0) is 13.0 Å². The zero-order valence-electron chi connectivity index (χ0n) is 9.18. The molecule has 0 amide bonds. The molecule has 0 radical (unpaired) electrons. The summed E-state index contributed by atoms with van der Waals surface area (Å²) in [5.74, 6) is 0. The Bertz CT molecular complexity index is 99.1. The highest BCUT2D eigenvalue weighted by atomic mass is 14.5. The molecular weight excluding hydrogens is 160 g/mol. The summed E-state index contributed by atoms with van der Waals surface area (Å²) in [5, 5.41) is 7.62. The van der Waals surface area contributed by atoms with Crippen LogP contribution in [0.15, 0.2) is 0 Å². The summed E-state index contributed by atoms with van der Waals surface area (Å²) >= 11 is 0. The average Bonchev–Trinajstić information content (AvgIpc) is 2.18. The van der Waals surface area contributed by atoms with Crippen LogP contribution in [0.3, 0.4) is 0 Å². The molecule has 0 saturated carbocycles. The van der Waals surface area contributed by atoms with Crippen LogP contribution in [0, 0.1) is 11.3 Å². The number of unbranched alkanes of at least 4 members (excludes halogenated alkanes) is 5. The minimum Gasteiger partial charge on any atom is -0.330 e. The van der Waals surface area contributed by atoms with E-state index in [-0.39, 0.29) is 0 Å². The molecule has 0 atom stereocenters. The van der Waals surface area contributed by atoms with E-state index in [9.17, 15) is 0 Å². The second-order valence-electron chi connectivity index (χ2n) is 3.07. The maximum absolute atomic E-state index is 7.62. The van der Waals surface area contributed by atoms with Crippen molar-refractivity contribution in [1.82, 2.24) is 0 Å². The first-order chi connectivity index (χ1) is 6.33. The third kappa shape index (κ3) is 24.6. The van der Waals surface area contributed by atoms with Crippen molar-refractivity contribution in [3.63, 3.8) is 0 Å². The zero-order valence-corrected chi connectivity index (χ0v) is 9.18. The van der Waals surface area contributed by atoms with Crippen molar-refractivity contribution < 1.29 is 0 Å². The van der Waals surface area contributed by atoms with Crippen LogP contribution in [0.2, 0.25) is 0 Å². The van der Waals surface area contributed by atoms with E-state index in [1.54, 1.807) is 0 Å². The van der Waals surface area contributed by atoms with Crippen molar-refractivity contribution >= 4 is 0 Å². The molecule has 0 aliphatic heterocycles. The molecule has 0 spiro atoms. The first-order valence-electron chi connectivity index (χ1n) is 5.40. The molecule has 0 aromatic heterocycles. The first kappa shape index (κ1) is 14.9. The summed E-state index contributed by atoms with van der Waals surface area (Å²) in [6.07, 6.45) is 8.68. The predicted octanol–water partition coefficient (Wildman–Crippen LogP) is 3.23. The molecule has 2 heteroatoms. The fourth-order valence-corrected chi connectivity index (χ4v) is 0.925. The normalized spacial score (nSPS) is 8.46. The molecule has 0 aliphatic rings. The fourth-order valence-electron chi connectivity index (χ4n) is 0.925. The molecule has 0 aromatic carbocycles. The van der Waals surface area contributed by atoms with Gasteiger partial charge < -0.3 is 5.73 Å². The van der Waals surface area contributed by atoms with E-state index >= 15 is 0 Å². The molecule has 0 bridgehead atoms. The number of hydrogen-bond acceptors (Lipinski definition) is 2. The van der Waals surface area contributed by atoms with E-state index in [2.05, 4.69) is 6.92 Å². The summed E-state index contributed by atoms with van der Waals surface area (Å²) < 4.78 is 0. The fraction of sp³-hybridized carbons (Fsp3) is 0.909. The molecule has 2 N–H and O–H groups in total. The summed E-state index contributed by atoms with van der Waals surface area (Å²) in [6, 6.07) is 1.93. The van der Waals surface area contributed by atoms with Gasteiger partial charge in [0, 0.05) is 6.42 Å². The van der Waals surface area contributed by atoms with Crippen molar-refractivity contribution in [3.05, 3.63) is 0 Å². The monoisotopic (exact) mass is 184 g/mol. The molecule has 0 rings (SSSR count). The van der Waals surface area contributed by atoms with Gasteiger partial charge >= 0.3 is 0 Å². The van der Waals surface area contributed by atoms with Gasteiger partial charge in [-0.3, -0.25) is 0 Å². The molecule has 0 aliphatic carbocycles. The summed E-state index contributed by atoms with van der Waals surface area (Å²) in [7, 11) is 0. The Labute approximate surface area is 83.1 Å². The molecule has 78 valence electrons. The van der Waals surface area contributed by atoms with Crippen molar-refractivity contribution in [3.8, 4) is 6.07 Å². The largest absolute Gasteiger partial charge is 0.330 e. The summed E-state index contributed by atoms with van der Waals surface area (Å²) in [4.78, 5) is 0. The Hall–Kier alpha value is -0.550. The van der Waals surface area contributed by atoms with Gasteiger partial charge in [-0.15, -0.1) is 0 Å². The van der Waals surface area contributed by atoms with E-state index in [0.717, 1.165) is 6.54 Å². The van der Waals surface area contributed by atoms with Crippen LogP contribution < -0.4 is 5.73 Å². The van der Waals surface area contributed by atoms with E-state index in [1.165, 1.54) is 38.5 Å². The zero-order chi connectivity index (χ0) is 10.4. The van der Waals surface area contributed by atoms with E-state index in [1.807, 2.05) is 13.0 Å². The van der Waals surface area contributed by atoms with Gasteiger partial charge in [0.25, 0.3) is 0 Å². The number of nitrogens with zero attached hydrogens (tertiary/aromatic N) is 1. The molecule has 2 nitrogen and oxygen atoms in total. The van der Waals surface area contributed by atoms with Gasteiger partial charge in [0.15, 0.2) is 0 Å². The highest BCUT2D eigenvalue weighted by Crippen LogP contribution is 2.03. The molecule has 0 fully saturated rings. The third-order valence-corrected chi connectivity index (χ3v) is 1.72. The lowest BCUT2D eigenvalue weighted by atomic mass is 10.1. The van der Waals surface area contributed by atoms with Crippen molar-refractivity contribution in [2.45, 2.75) is 58.8 Å².